The maximum absolute atomic E-state index is 12.7. The topological polar surface area (TPSA) is 68.5 Å². The number of rotatable bonds is 3. The lowest BCUT2D eigenvalue weighted by Crippen LogP contribution is -2.42. The number of nitrogens with zero attached hydrogens (tertiary/aromatic N) is 2. The maximum Gasteiger partial charge on any atom is 0.259 e. The standard InChI is InChI=1S/C17H18BrN3O2.2ClH/c18-12-3-1-4-14(11-12)23-16-15(5-2-8-20-16)17(22)21-9-6-13(19)7-10-21;;/h1-5,8,11,13H,6-7,9-10,19H2;2*1H. The molecule has 0 saturated carbocycles. The predicted octanol–water partition coefficient (Wildman–Crippen LogP) is 4.04. The second kappa shape index (κ2) is 9.97. The fraction of sp³-hybridized carbons (Fsp3) is 0.294. The Labute approximate surface area is 167 Å². The lowest BCUT2D eigenvalue weighted by molar-refractivity contribution is 0.0711. The van der Waals surface area contributed by atoms with Gasteiger partial charge in [0.1, 0.15) is 11.3 Å². The number of piperidine rings is 1. The molecule has 3 rings (SSSR count). The number of nitrogens with two attached hydrogens (primary N) is 1. The Balaban J connectivity index is 0.00000156. The molecule has 1 aliphatic heterocycles. The summed E-state index contributed by atoms with van der Waals surface area (Å²) in [4.78, 5) is 18.8. The van der Waals surface area contributed by atoms with Crippen molar-refractivity contribution in [1.82, 2.24) is 9.88 Å². The van der Waals surface area contributed by atoms with Gasteiger partial charge in [0.25, 0.3) is 5.91 Å². The Hall–Kier alpha value is -1.34. The molecule has 2 heterocycles. The number of pyridine rings is 1. The van der Waals surface area contributed by atoms with Gasteiger partial charge in [-0.15, -0.1) is 24.8 Å². The summed E-state index contributed by atoms with van der Waals surface area (Å²) in [5.41, 5.74) is 6.38. The third kappa shape index (κ3) is 5.57. The zero-order valence-electron chi connectivity index (χ0n) is 13.4. The zero-order chi connectivity index (χ0) is 16.2. The van der Waals surface area contributed by atoms with Gasteiger partial charge < -0.3 is 15.4 Å². The van der Waals surface area contributed by atoms with E-state index in [1.54, 1.807) is 18.3 Å². The molecule has 1 aromatic heterocycles. The molecule has 0 spiro atoms. The Kier molecular flexibility index (Phi) is 8.65. The fourth-order valence-corrected chi connectivity index (χ4v) is 2.93. The van der Waals surface area contributed by atoms with Crippen LogP contribution in [0, 0.1) is 0 Å². The smallest absolute Gasteiger partial charge is 0.259 e. The molecule has 136 valence electrons. The molecule has 0 bridgehead atoms. The number of ether oxygens (including phenoxy) is 1. The maximum atomic E-state index is 12.7. The average Bonchev–Trinajstić information content (AvgIpc) is 2.55. The third-order valence-electron chi connectivity index (χ3n) is 3.84. The van der Waals surface area contributed by atoms with Crippen LogP contribution in [0.1, 0.15) is 23.2 Å². The van der Waals surface area contributed by atoms with E-state index in [0.29, 0.717) is 30.3 Å². The number of likely N-dealkylation sites (tertiary alicyclic amines) is 1. The van der Waals surface area contributed by atoms with E-state index in [9.17, 15) is 4.79 Å². The van der Waals surface area contributed by atoms with Gasteiger partial charge in [-0.1, -0.05) is 22.0 Å². The van der Waals surface area contributed by atoms with Gasteiger partial charge in [0.2, 0.25) is 5.88 Å². The van der Waals surface area contributed by atoms with Crippen LogP contribution in [0.2, 0.25) is 0 Å². The number of benzene rings is 1. The van der Waals surface area contributed by atoms with Gasteiger partial charge in [-0.05, 0) is 43.2 Å². The van der Waals surface area contributed by atoms with Crippen molar-refractivity contribution in [2.45, 2.75) is 18.9 Å². The van der Waals surface area contributed by atoms with Crippen molar-refractivity contribution in [3.8, 4) is 11.6 Å². The summed E-state index contributed by atoms with van der Waals surface area (Å²) in [5.74, 6) is 0.897. The first-order valence-corrected chi connectivity index (χ1v) is 8.36. The van der Waals surface area contributed by atoms with Crippen LogP contribution < -0.4 is 10.5 Å². The van der Waals surface area contributed by atoms with Crippen molar-refractivity contribution < 1.29 is 9.53 Å². The lowest BCUT2D eigenvalue weighted by atomic mass is 10.1. The highest BCUT2D eigenvalue weighted by Gasteiger charge is 2.24. The van der Waals surface area contributed by atoms with Gasteiger partial charge in [-0.2, -0.15) is 0 Å². The minimum absolute atomic E-state index is 0. The van der Waals surface area contributed by atoms with Crippen LogP contribution in [0.5, 0.6) is 11.6 Å². The monoisotopic (exact) mass is 447 g/mol. The van der Waals surface area contributed by atoms with E-state index in [0.717, 1.165) is 17.3 Å². The molecule has 1 aliphatic rings. The number of carbonyl (C=O) groups excluding carboxylic acids is 1. The van der Waals surface area contributed by atoms with Gasteiger partial charge in [0.05, 0.1) is 0 Å². The van der Waals surface area contributed by atoms with Crippen LogP contribution in [0.25, 0.3) is 0 Å². The molecule has 8 heteroatoms. The van der Waals surface area contributed by atoms with E-state index in [4.69, 9.17) is 10.5 Å². The summed E-state index contributed by atoms with van der Waals surface area (Å²) in [6, 6.07) is 11.1. The number of halogens is 3. The minimum Gasteiger partial charge on any atom is -0.438 e. The zero-order valence-corrected chi connectivity index (χ0v) is 16.6. The number of amides is 1. The van der Waals surface area contributed by atoms with E-state index in [1.807, 2.05) is 29.2 Å². The minimum atomic E-state index is -0.0602. The molecule has 0 atom stereocenters. The largest absolute Gasteiger partial charge is 0.438 e. The molecule has 0 radical (unpaired) electrons. The molecule has 2 aromatic rings. The van der Waals surface area contributed by atoms with Crippen LogP contribution in [0.3, 0.4) is 0 Å². The highest BCUT2D eigenvalue weighted by molar-refractivity contribution is 9.10. The molecule has 2 N–H and O–H groups in total. The molecule has 1 aromatic carbocycles. The molecule has 0 aliphatic carbocycles. The Morgan fingerprint density at radius 3 is 2.60 bits per heavy atom. The Bertz CT molecular complexity index is 710. The van der Waals surface area contributed by atoms with Gasteiger partial charge in [0.15, 0.2) is 0 Å². The highest BCUT2D eigenvalue weighted by Crippen LogP contribution is 2.26. The van der Waals surface area contributed by atoms with Crippen molar-refractivity contribution in [2.75, 3.05) is 13.1 Å². The Morgan fingerprint density at radius 2 is 1.92 bits per heavy atom. The Morgan fingerprint density at radius 1 is 1.20 bits per heavy atom. The second-order valence-electron chi connectivity index (χ2n) is 5.55. The SMILES string of the molecule is Cl.Cl.NC1CCN(C(=O)c2cccnc2Oc2cccc(Br)c2)CC1. The molecule has 25 heavy (non-hydrogen) atoms. The summed E-state index contributed by atoms with van der Waals surface area (Å²) in [6.07, 6.45) is 3.28. The van der Waals surface area contributed by atoms with Crippen LogP contribution in [0.4, 0.5) is 0 Å². The molecular weight excluding hydrogens is 429 g/mol. The first-order valence-electron chi connectivity index (χ1n) is 7.57. The summed E-state index contributed by atoms with van der Waals surface area (Å²) >= 11 is 3.40. The van der Waals surface area contributed by atoms with Crippen molar-refractivity contribution in [1.29, 1.82) is 0 Å². The quantitative estimate of drug-likeness (QED) is 0.769. The highest BCUT2D eigenvalue weighted by atomic mass is 79.9. The second-order valence-corrected chi connectivity index (χ2v) is 6.46. The van der Waals surface area contributed by atoms with Crippen molar-refractivity contribution in [3.63, 3.8) is 0 Å². The normalized spacial score (nSPS) is 14.2. The molecular formula is C17H20BrCl2N3O2. The lowest BCUT2D eigenvalue weighted by Gasteiger charge is -2.30. The molecule has 0 unspecified atom stereocenters. The van der Waals surface area contributed by atoms with Crippen molar-refractivity contribution >= 4 is 46.7 Å². The van der Waals surface area contributed by atoms with Crippen LogP contribution >= 0.6 is 40.7 Å². The predicted molar refractivity (Wildman–Crippen MR) is 106 cm³/mol. The summed E-state index contributed by atoms with van der Waals surface area (Å²) in [6.45, 7) is 1.34. The molecule has 5 nitrogen and oxygen atoms in total. The summed E-state index contributed by atoms with van der Waals surface area (Å²) < 4.78 is 6.72. The van der Waals surface area contributed by atoms with Gasteiger partial charge >= 0.3 is 0 Å². The average molecular weight is 449 g/mol. The number of aromatic nitrogens is 1. The summed E-state index contributed by atoms with van der Waals surface area (Å²) in [5, 5.41) is 0. The molecule has 1 amide bonds. The number of carbonyl (C=O) groups is 1. The van der Waals surface area contributed by atoms with E-state index in [-0.39, 0.29) is 36.8 Å². The van der Waals surface area contributed by atoms with Gasteiger partial charge in [0, 0.05) is 29.8 Å². The molecule has 1 saturated heterocycles. The van der Waals surface area contributed by atoms with Crippen LogP contribution in [-0.2, 0) is 0 Å². The first kappa shape index (κ1) is 21.7. The molecule has 1 fully saturated rings. The number of hydrogen-bond donors (Lipinski definition) is 1. The van der Waals surface area contributed by atoms with Gasteiger partial charge in [-0.3, -0.25) is 4.79 Å². The van der Waals surface area contributed by atoms with Crippen LogP contribution in [-0.4, -0.2) is 34.9 Å². The van der Waals surface area contributed by atoms with Crippen molar-refractivity contribution in [2.24, 2.45) is 5.73 Å². The first-order chi connectivity index (χ1) is 11.1. The summed E-state index contributed by atoms with van der Waals surface area (Å²) in [7, 11) is 0. The van der Waals surface area contributed by atoms with E-state index in [1.165, 1.54) is 0 Å². The van der Waals surface area contributed by atoms with E-state index >= 15 is 0 Å². The third-order valence-corrected chi connectivity index (χ3v) is 4.33. The fourth-order valence-electron chi connectivity index (χ4n) is 2.55. The van der Waals surface area contributed by atoms with Crippen LogP contribution in [0.15, 0.2) is 47.1 Å². The van der Waals surface area contributed by atoms with E-state index < -0.39 is 0 Å². The van der Waals surface area contributed by atoms with Crippen molar-refractivity contribution in [3.05, 3.63) is 52.6 Å². The number of hydrogen-bond acceptors (Lipinski definition) is 4. The van der Waals surface area contributed by atoms with E-state index in [2.05, 4.69) is 20.9 Å². The van der Waals surface area contributed by atoms with Gasteiger partial charge in [-0.25, -0.2) is 4.98 Å².